The quantitative estimate of drug-likeness (QED) is 0.251. The molecule has 0 spiro atoms. The molecule has 0 radical (unpaired) electrons. The minimum Gasteiger partial charge on any atom is -0.294 e. The van der Waals surface area contributed by atoms with Gasteiger partial charge in [-0.2, -0.15) is 0 Å². The highest BCUT2D eigenvalue weighted by molar-refractivity contribution is 7.09. The Bertz CT molecular complexity index is 2020. The van der Waals surface area contributed by atoms with Gasteiger partial charge in [0.25, 0.3) is 0 Å². The van der Waals surface area contributed by atoms with Gasteiger partial charge in [0, 0.05) is 32.3 Å². The Hall–Kier alpha value is -4.41. The summed E-state index contributed by atoms with van der Waals surface area (Å²) in [7, 11) is 0. The first kappa shape index (κ1) is 19.0. The number of aromatic nitrogens is 3. The molecule has 0 aliphatic heterocycles. The number of rotatable bonds is 2. The molecule has 0 bridgehead atoms. The summed E-state index contributed by atoms with van der Waals surface area (Å²) in [6, 6.07) is 36.6. The first-order valence-corrected chi connectivity index (χ1v) is 12.7. The highest BCUT2D eigenvalue weighted by Crippen LogP contribution is 2.38. The summed E-state index contributed by atoms with van der Waals surface area (Å²) in [6.45, 7) is 0. The fourth-order valence-electron chi connectivity index (χ4n) is 5.59. The summed E-state index contributed by atoms with van der Waals surface area (Å²) < 4.78 is 4.59. The molecule has 35 heavy (non-hydrogen) atoms. The number of nitrogens with zero attached hydrogens (tertiary/aromatic N) is 3. The Kier molecular flexibility index (Phi) is 3.82. The van der Waals surface area contributed by atoms with Crippen LogP contribution >= 0.6 is 11.3 Å². The second-order valence-electron chi connectivity index (χ2n) is 8.91. The highest BCUT2D eigenvalue weighted by atomic mass is 32.1. The van der Waals surface area contributed by atoms with Gasteiger partial charge in [0.15, 0.2) is 0 Å². The van der Waals surface area contributed by atoms with Gasteiger partial charge in [-0.25, -0.2) is 4.98 Å². The second kappa shape index (κ2) is 7.05. The fraction of sp³-hybridized carbons (Fsp3) is 0. The maximum Gasteiger partial charge on any atom is 0.140 e. The van der Waals surface area contributed by atoms with Crippen LogP contribution in [0, 0.1) is 0 Å². The number of fused-ring (bicyclic) bond motifs is 8. The zero-order chi connectivity index (χ0) is 22.9. The third-order valence-corrected chi connectivity index (χ3v) is 7.79. The van der Waals surface area contributed by atoms with Crippen molar-refractivity contribution in [1.29, 1.82) is 0 Å². The van der Waals surface area contributed by atoms with Crippen molar-refractivity contribution in [2.75, 3.05) is 0 Å². The van der Waals surface area contributed by atoms with E-state index < -0.39 is 0 Å². The maximum atomic E-state index is 5.25. The predicted molar refractivity (Wildman–Crippen MR) is 148 cm³/mol. The standard InChI is InChI=1S/C31H19N3S/c1-2-9-21-20(8-1)16-17-27-31(21)24-18-35-19-28(24)34(27)30-15-7-14-29(32-30)33-25-12-5-3-10-22(25)23-11-4-6-13-26(23)33/h1-19H. The Labute approximate surface area is 205 Å². The second-order valence-corrected chi connectivity index (χ2v) is 9.65. The zero-order valence-corrected chi connectivity index (χ0v) is 19.5. The average molecular weight is 466 g/mol. The fourth-order valence-corrected chi connectivity index (χ4v) is 6.39. The monoisotopic (exact) mass is 465 g/mol. The van der Waals surface area contributed by atoms with Crippen LogP contribution in [0.2, 0.25) is 0 Å². The van der Waals surface area contributed by atoms with E-state index in [1.165, 1.54) is 54.4 Å². The molecule has 0 saturated heterocycles. The minimum atomic E-state index is 0.922. The normalized spacial score (nSPS) is 12.0. The average Bonchev–Trinajstić information content (AvgIpc) is 3.59. The van der Waals surface area contributed by atoms with Crippen LogP contribution in [0.5, 0.6) is 0 Å². The molecule has 164 valence electrons. The van der Waals surface area contributed by atoms with E-state index in [9.17, 15) is 0 Å². The van der Waals surface area contributed by atoms with Crippen LogP contribution in [0.25, 0.3) is 66.0 Å². The molecule has 0 fully saturated rings. The molecule has 0 atom stereocenters. The van der Waals surface area contributed by atoms with Gasteiger partial charge in [-0.1, -0.05) is 72.8 Å². The van der Waals surface area contributed by atoms with E-state index in [-0.39, 0.29) is 0 Å². The van der Waals surface area contributed by atoms with Crippen molar-refractivity contribution < 1.29 is 0 Å². The van der Waals surface area contributed by atoms with Crippen LogP contribution in [0.1, 0.15) is 0 Å². The molecule has 4 heterocycles. The maximum absolute atomic E-state index is 5.25. The lowest BCUT2D eigenvalue weighted by molar-refractivity contribution is 1.01. The smallest absolute Gasteiger partial charge is 0.140 e. The van der Waals surface area contributed by atoms with Crippen LogP contribution in [-0.4, -0.2) is 14.1 Å². The minimum absolute atomic E-state index is 0.922. The van der Waals surface area contributed by atoms with Crippen molar-refractivity contribution >= 4 is 65.7 Å². The number of thiophene rings is 1. The van der Waals surface area contributed by atoms with E-state index >= 15 is 0 Å². The Morgan fingerprint density at radius 1 is 0.457 bits per heavy atom. The van der Waals surface area contributed by atoms with Crippen molar-refractivity contribution in [1.82, 2.24) is 14.1 Å². The molecule has 4 aromatic heterocycles. The molecule has 0 amide bonds. The summed E-state index contributed by atoms with van der Waals surface area (Å²) in [6.07, 6.45) is 0. The molecule has 4 aromatic carbocycles. The van der Waals surface area contributed by atoms with Gasteiger partial charge < -0.3 is 0 Å². The molecule has 0 unspecified atom stereocenters. The molecule has 0 saturated carbocycles. The lowest BCUT2D eigenvalue weighted by Gasteiger charge is -2.11. The Balaban J connectivity index is 1.45. The van der Waals surface area contributed by atoms with E-state index in [1.54, 1.807) is 11.3 Å². The SMILES string of the molecule is c1cc(-n2c3ccccc3c3ccccc32)nc(-n2c3cscc3c3c4ccccc4ccc32)c1. The number of para-hydroxylation sites is 2. The summed E-state index contributed by atoms with van der Waals surface area (Å²) in [5, 5.41) is 12.1. The van der Waals surface area contributed by atoms with Gasteiger partial charge >= 0.3 is 0 Å². The summed E-state index contributed by atoms with van der Waals surface area (Å²) >= 11 is 1.74. The molecule has 8 aromatic rings. The number of hydrogen-bond donors (Lipinski definition) is 0. The van der Waals surface area contributed by atoms with Crippen LogP contribution < -0.4 is 0 Å². The first-order valence-electron chi connectivity index (χ1n) is 11.7. The molecule has 8 rings (SSSR count). The molecule has 0 N–H and O–H groups in total. The molecule has 3 nitrogen and oxygen atoms in total. The van der Waals surface area contributed by atoms with Gasteiger partial charge in [-0.15, -0.1) is 11.3 Å². The molecular formula is C31H19N3S. The van der Waals surface area contributed by atoms with Crippen molar-refractivity contribution in [2.24, 2.45) is 0 Å². The molecule has 0 aliphatic rings. The van der Waals surface area contributed by atoms with Gasteiger partial charge in [0.05, 0.1) is 22.1 Å². The summed E-state index contributed by atoms with van der Waals surface area (Å²) in [5.41, 5.74) is 4.73. The lowest BCUT2D eigenvalue weighted by atomic mass is 10.1. The number of hydrogen-bond acceptors (Lipinski definition) is 2. The van der Waals surface area contributed by atoms with Crippen molar-refractivity contribution in [3.63, 3.8) is 0 Å². The predicted octanol–water partition coefficient (Wildman–Crippen LogP) is 8.49. The first-order chi connectivity index (χ1) is 17.4. The summed E-state index contributed by atoms with van der Waals surface area (Å²) in [5.74, 6) is 1.85. The van der Waals surface area contributed by atoms with Gasteiger partial charge in [0.1, 0.15) is 11.6 Å². The van der Waals surface area contributed by atoms with Crippen LogP contribution in [-0.2, 0) is 0 Å². The number of pyridine rings is 1. The zero-order valence-electron chi connectivity index (χ0n) is 18.7. The van der Waals surface area contributed by atoms with E-state index in [1.807, 2.05) is 0 Å². The van der Waals surface area contributed by atoms with Crippen molar-refractivity contribution in [3.05, 3.63) is 114 Å². The Morgan fingerprint density at radius 2 is 1.09 bits per heavy atom. The summed E-state index contributed by atoms with van der Waals surface area (Å²) in [4.78, 5) is 5.25. The topological polar surface area (TPSA) is 22.8 Å². The lowest BCUT2D eigenvalue weighted by Crippen LogP contribution is -2.02. The van der Waals surface area contributed by atoms with E-state index in [0.29, 0.717) is 0 Å². The third-order valence-electron chi connectivity index (χ3n) is 7.06. The number of benzene rings is 4. The van der Waals surface area contributed by atoms with Gasteiger partial charge in [-0.3, -0.25) is 9.13 Å². The van der Waals surface area contributed by atoms with Crippen LogP contribution in [0.15, 0.2) is 114 Å². The Morgan fingerprint density at radius 3 is 1.83 bits per heavy atom. The van der Waals surface area contributed by atoms with Crippen LogP contribution in [0.3, 0.4) is 0 Å². The largest absolute Gasteiger partial charge is 0.294 e. The van der Waals surface area contributed by atoms with E-state index in [2.05, 4.69) is 123 Å². The van der Waals surface area contributed by atoms with E-state index in [4.69, 9.17) is 4.98 Å². The molecule has 0 aliphatic carbocycles. The third kappa shape index (κ3) is 2.57. The highest BCUT2D eigenvalue weighted by Gasteiger charge is 2.18. The molecule has 4 heteroatoms. The van der Waals surface area contributed by atoms with Gasteiger partial charge in [0.2, 0.25) is 0 Å². The van der Waals surface area contributed by atoms with Crippen molar-refractivity contribution in [3.8, 4) is 11.6 Å². The molecular weight excluding hydrogens is 446 g/mol. The van der Waals surface area contributed by atoms with Crippen LogP contribution in [0.4, 0.5) is 0 Å². The van der Waals surface area contributed by atoms with Gasteiger partial charge in [-0.05, 0) is 41.1 Å². The van der Waals surface area contributed by atoms with Crippen molar-refractivity contribution in [2.45, 2.75) is 0 Å². The van der Waals surface area contributed by atoms with E-state index in [0.717, 1.165) is 11.6 Å².